The van der Waals surface area contributed by atoms with Crippen molar-refractivity contribution in [2.24, 2.45) is 0 Å². The van der Waals surface area contributed by atoms with Crippen LogP contribution in [0.3, 0.4) is 0 Å². The molecular weight excluding hydrogens is 406 g/mol. The number of aromatic nitrogens is 4. The first-order valence-electron chi connectivity index (χ1n) is 7.38. The Bertz CT molecular complexity index is 1010. The molecule has 1 N–H and O–H groups in total. The summed E-state index contributed by atoms with van der Waals surface area (Å²) in [5.74, 6) is 0.419. The molecule has 124 valence electrons. The Hall–Kier alpha value is -2.51. The van der Waals surface area contributed by atoms with Gasteiger partial charge in [-0.05, 0) is 52.3 Å². The van der Waals surface area contributed by atoms with Crippen molar-refractivity contribution in [3.8, 4) is 0 Å². The zero-order valence-electron chi connectivity index (χ0n) is 12.7. The maximum atomic E-state index is 5.94. The molecule has 0 fully saturated rings. The standard InChI is InChI=1S/C17H11BrClN5O/c18-11-5-10-6-13(2-4-14(10)20-7-11)23-16(17-24-22-9-25-17)15-3-1-12(19)8-21-15/h1-9,16,23H. The van der Waals surface area contributed by atoms with E-state index in [0.29, 0.717) is 10.9 Å². The van der Waals surface area contributed by atoms with Crippen molar-refractivity contribution < 1.29 is 4.42 Å². The highest BCUT2D eigenvalue weighted by molar-refractivity contribution is 9.10. The lowest BCUT2D eigenvalue weighted by Gasteiger charge is -2.16. The summed E-state index contributed by atoms with van der Waals surface area (Å²) in [4.78, 5) is 8.74. The minimum Gasteiger partial charge on any atom is -0.425 e. The second kappa shape index (κ2) is 6.78. The number of halogens is 2. The topological polar surface area (TPSA) is 76.7 Å². The van der Waals surface area contributed by atoms with Crippen molar-refractivity contribution in [1.29, 1.82) is 0 Å². The molecule has 0 saturated carbocycles. The molecule has 0 aliphatic rings. The van der Waals surface area contributed by atoms with E-state index in [4.69, 9.17) is 16.0 Å². The van der Waals surface area contributed by atoms with Gasteiger partial charge in [-0.15, -0.1) is 10.2 Å². The molecule has 6 nitrogen and oxygen atoms in total. The summed E-state index contributed by atoms with van der Waals surface area (Å²) >= 11 is 9.38. The Morgan fingerprint density at radius 1 is 1.08 bits per heavy atom. The van der Waals surface area contributed by atoms with Gasteiger partial charge in [-0.25, -0.2) is 0 Å². The molecule has 4 aromatic rings. The number of fused-ring (bicyclic) bond motifs is 1. The maximum Gasteiger partial charge on any atom is 0.244 e. The molecule has 8 heteroatoms. The fraction of sp³-hybridized carbons (Fsp3) is 0.0588. The Morgan fingerprint density at radius 2 is 2.00 bits per heavy atom. The van der Waals surface area contributed by atoms with Gasteiger partial charge in [0.2, 0.25) is 12.3 Å². The minimum absolute atomic E-state index is 0.391. The van der Waals surface area contributed by atoms with E-state index in [0.717, 1.165) is 26.8 Å². The Morgan fingerprint density at radius 3 is 2.76 bits per heavy atom. The summed E-state index contributed by atoms with van der Waals surface area (Å²) in [6, 6.07) is 11.1. The lowest BCUT2D eigenvalue weighted by molar-refractivity contribution is 0.479. The number of pyridine rings is 2. The molecule has 1 atom stereocenters. The monoisotopic (exact) mass is 415 g/mol. The summed E-state index contributed by atoms with van der Waals surface area (Å²) in [5.41, 5.74) is 2.51. The van der Waals surface area contributed by atoms with Gasteiger partial charge >= 0.3 is 0 Å². The highest BCUT2D eigenvalue weighted by atomic mass is 79.9. The van der Waals surface area contributed by atoms with Gasteiger partial charge in [0.25, 0.3) is 0 Å². The highest BCUT2D eigenvalue weighted by Crippen LogP contribution is 2.27. The Kier molecular flexibility index (Phi) is 4.33. The molecule has 0 spiro atoms. The van der Waals surface area contributed by atoms with E-state index in [1.165, 1.54) is 6.39 Å². The normalized spacial score (nSPS) is 12.2. The molecule has 0 aliphatic heterocycles. The third-order valence-corrected chi connectivity index (χ3v) is 4.29. The van der Waals surface area contributed by atoms with Gasteiger partial charge in [-0.2, -0.15) is 0 Å². The van der Waals surface area contributed by atoms with E-state index in [9.17, 15) is 0 Å². The lowest BCUT2D eigenvalue weighted by atomic mass is 10.1. The lowest BCUT2D eigenvalue weighted by Crippen LogP contribution is -2.14. The van der Waals surface area contributed by atoms with E-state index in [1.807, 2.05) is 30.3 Å². The van der Waals surface area contributed by atoms with E-state index in [-0.39, 0.29) is 0 Å². The molecule has 25 heavy (non-hydrogen) atoms. The molecule has 4 rings (SSSR count). The van der Waals surface area contributed by atoms with Crippen molar-refractivity contribution >= 4 is 44.1 Å². The third kappa shape index (κ3) is 3.47. The number of nitrogens with zero attached hydrogens (tertiary/aromatic N) is 4. The van der Waals surface area contributed by atoms with Gasteiger partial charge in [0.15, 0.2) is 0 Å². The number of anilines is 1. The van der Waals surface area contributed by atoms with Gasteiger partial charge in [-0.1, -0.05) is 11.6 Å². The summed E-state index contributed by atoms with van der Waals surface area (Å²) < 4.78 is 6.30. The molecule has 0 saturated heterocycles. The SMILES string of the molecule is Clc1ccc(C(Nc2ccc3ncc(Br)cc3c2)c2nnco2)nc1. The number of hydrogen-bond acceptors (Lipinski definition) is 6. The van der Waals surface area contributed by atoms with Crippen LogP contribution in [-0.4, -0.2) is 20.2 Å². The maximum absolute atomic E-state index is 5.94. The fourth-order valence-corrected chi connectivity index (χ4v) is 2.95. The van der Waals surface area contributed by atoms with Gasteiger partial charge in [0, 0.05) is 27.9 Å². The zero-order valence-corrected chi connectivity index (χ0v) is 15.1. The predicted octanol–water partition coefficient (Wildman–Crippen LogP) is 4.63. The molecule has 3 aromatic heterocycles. The number of benzene rings is 1. The summed E-state index contributed by atoms with van der Waals surface area (Å²) in [7, 11) is 0. The Balaban J connectivity index is 1.72. The summed E-state index contributed by atoms with van der Waals surface area (Å²) in [6.07, 6.45) is 4.65. The zero-order chi connectivity index (χ0) is 17.2. The highest BCUT2D eigenvalue weighted by Gasteiger charge is 2.21. The smallest absolute Gasteiger partial charge is 0.244 e. The largest absolute Gasteiger partial charge is 0.425 e. The second-order valence-corrected chi connectivity index (χ2v) is 6.67. The molecule has 0 aliphatic carbocycles. The number of nitrogens with one attached hydrogen (secondary N) is 1. The fourth-order valence-electron chi connectivity index (χ4n) is 2.49. The van der Waals surface area contributed by atoms with Crippen LogP contribution in [0.25, 0.3) is 10.9 Å². The van der Waals surface area contributed by atoms with Crippen molar-refractivity contribution in [2.75, 3.05) is 5.32 Å². The second-order valence-electron chi connectivity index (χ2n) is 5.32. The average molecular weight is 417 g/mol. The van der Waals surface area contributed by atoms with Crippen LogP contribution in [0, 0.1) is 0 Å². The van der Waals surface area contributed by atoms with Gasteiger partial charge in [-0.3, -0.25) is 9.97 Å². The van der Waals surface area contributed by atoms with E-state index < -0.39 is 6.04 Å². The van der Waals surface area contributed by atoms with Crippen LogP contribution in [0.15, 0.2) is 64.1 Å². The molecule has 1 aromatic carbocycles. The van der Waals surface area contributed by atoms with E-state index in [2.05, 4.69) is 41.4 Å². The van der Waals surface area contributed by atoms with Crippen molar-refractivity contribution in [2.45, 2.75) is 6.04 Å². The van der Waals surface area contributed by atoms with Crippen LogP contribution in [0.4, 0.5) is 5.69 Å². The number of hydrogen-bond donors (Lipinski definition) is 1. The first-order valence-corrected chi connectivity index (χ1v) is 8.55. The molecule has 0 bridgehead atoms. The average Bonchev–Trinajstić information content (AvgIpc) is 3.14. The van der Waals surface area contributed by atoms with Crippen LogP contribution >= 0.6 is 27.5 Å². The van der Waals surface area contributed by atoms with E-state index in [1.54, 1.807) is 18.5 Å². The number of rotatable bonds is 4. The van der Waals surface area contributed by atoms with Crippen LogP contribution < -0.4 is 5.32 Å². The molecule has 0 amide bonds. The summed E-state index contributed by atoms with van der Waals surface area (Å²) in [5, 5.41) is 12.7. The quantitative estimate of drug-likeness (QED) is 0.523. The summed E-state index contributed by atoms with van der Waals surface area (Å²) in [6.45, 7) is 0. The first kappa shape index (κ1) is 16.0. The molecule has 3 heterocycles. The molecule has 0 radical (unpaired) electrons. The van der Waals surface area contributed by atoms with Gasteiger partial charge in [0.1, 0.15) is 6.04 Å². The van der Waals surface area contributed by atoms with Crippen LogP contribution in [0.1, 0.15) is 17.6 Å². The minimum atomic E-state index is -0.391. The molecule has 1 unspecified atom stereocenters. The Labute approximate surface area is 156 Å². The third-order valence-electron chi connectivity index (χ3n) is 3.63. The van der Waals surface area contributed by atoms with Crippen LogP contribution in [-0.2, 0) is 0 Å². The van der Waals surface area contributed by atoms with E-state index >= 15 is 0 Å². The van der Waals surface area contributed by atoms with Crippen LogP contribution in [0.5, 0.6) is 0 Å². The van der Waals surface area contributed by atoms with Crippen molar-refractivity contribution in [3.05, 3.63) is 76.3 Å². The van der Waals surface area contributed by atoms with Gasteiger partial charge < -0.3 is 9.73 Å². The first-order chi connectivity index (χ1) is 12.2. The van der Waals surface area contributed by atoms with Crippen molar-refractivity contribution in [3.63, 3.8) is 0 Å². The van der Waals surface area contributed by atoms with Gasteiger partial charge in [0.05, 0.1) is 16.2 Å². The van der Waals surface area contributed by atoms with Crippen molar-refractivity contribution in [1.82, 2.24) is 20.2 Å². The predicted molar refractivity (Wildman–Crippen MR) is 98.5 cm³/mol. The van der Waals surface area contributed by atoms with Crippen LogP contribution in [0.2, 0.25) is 5.02 Å². The molecular formula is C17H11BrClN5O.